The Kier molecular flexibility index (Phi) is 5.65. The lowest BCUT2D eigenvalue weighted by Gasteiger charge is -2.08. The fourth-order valence-electron chi connectivity index (χ4n) is 2.62. The summed E-state index contributed by atoms with van der Waals surface area (Å²) in [5, 5.41) is 8.51. The van der Waals surface area contributed by atoms with Gasteiger partial charge < -0.3 is 15.4 Å². The van der Waals surface area contributed by atoms with Gasteiger partial charge in [0.2, 0.25) is 0 Å². The molecule has 0 aliphatic heterocycles. The van der Waals surface area contributed by atoms with Crippen LogP contribution in [0.4, 0.5) is 0 Å². The quantitative estimate of drug-likeness (QED) is 0.697. The summed E-state index contributed by atoms with van der Waals surface area (Å²) in [6.45, 7) is 1.64. The molecule has 0 atom stereocenters. The average molecular weight is 334 g/mol. The summed E-state index contributed by atoms with van der Waals surface area (Å²) < 4.78 is 5.40. The van der Waals surface area contributed by atoms with Crippen LogP contribution in [0.5, 0.6) is 5.75 Å². The van der Waals surface area contributed by atoms with E-state index in [9.17, 15) is 4.79 Å². The monoisotopic (exact) mass is 334 g/mol. The molecule has 0 bridgehead atoms. The summed E-state index contributed by atoms with van der Waals surface area (Å²) in [7, 11) is 1.59. The summed E-state index contributed by atoms with van der Waals surface area (Å²) in [6, 6.07) is 22.7. The largest absolute Gasteiger partial charge is 0.484 e. The second-order valence-corrected chi connectivity index (χ2v) is 5.89. The predicted octanol–water partition coefficient (Wildman–Crippen LogP) is 3.25. The van der Waals surface area contributed by atoms with Crippen LogP contribution in [0.2, 0.25) is 0 Å². The maximum atomic E-state index is 11.2. The summed E-state index contributed by atoms with van der Waals surface area (Å²) in [5.41, 5.74) is 2.44. The molecule has 128 valence electrons. The molecule has 0 spiro atoms. The molecule has 3 aromatic rings. The van der Waals surface area contributed by atoms with Gasteiger partial charge >= 0.3 is 0 Å². The number of carbonyl (C=O) groups excluding carboxylic acids is 1. The van der Waals surface area contributed by atoms with Crippen molar-refractivity contribution in [1.82, 2.24) is 10.6 Å². The standard InChI is InChI=1S/C21H22N2O2/c1-22-21(24)15-25-20-10-7-16(8-11-20)13-23-14-17-6-9-18-4-2-3-5-19(18)12-17/h2-12,23H,13-15H2,1H3,(H,22,24). The number of nitrogens with one attached hydrogen (secondary N) is 2. The highest BCUT2D eigenvalue weighted by Gasteiger charge is 2.01. The first kappa shape index (κ1) is 17.0. The van der Waals surface area contributed by atoms with E-state index in [1.54, 1.807) is 7.05 Å². The van der Waals surface area contributed by atoms with Gasteiger partial charge in [-0.2, -0.15) is 0 Å². The van der Waals surface area contributed by atoms with E-state index in [2.05, 4.69) is 53.1 Å². The minimum atomic E-state index is -0.138. The Morgan fingerprint density at radius 1 is 0.880 bits per heavy atom. The Bertz CT molecular complexity index is 844. The lowest BCUT2D eigenvalue weighted by atomic mass is 10.1. The second kappa shape index (κ2) is 8.31. The molecular formula is C21H22N2O2. The molecule has 0 aromatic heterocycles. The highest BCUT2D eigenvalue weighted by atomic mass is 16.5. The van der Waals surface area contributed by atoms with Crippen molar-refractivity contribution >= 4 is 16.7 Å². The van der Waals surface area contributed by atoms with Crippen LogP contribution < -0.4 is 15.4 Å². The number of hydrogen-bond donors (Lipinski definition) is 2. The minimum Gasteiger partial charge on any atom is -0.484 e. The Morgan fingerprint density at radius 2 is 1.56 bits per heavy atom. The van der Waals surface area contributed by atoms with Crippen LogP contribution in [-0.4, -0.2) is 19.6 Å². The smallest absolute Gasteiger partial charge is 0.257 e. The van der Waals surface area contributed by atoms with Gasteiger partial charge in [-0.25, -0.2) is 0 Å². The van der Waals surface area contributed by atoms with Gasteiger partial charge in [-0.15, -0.1) is 0 Å². The zero-order valence-corrected chi connectivity index (χ0v) is 14.3. The van der Waals surface area contributed by atoms with Gasteiger partial charge in [0, 0.05) is 20.1 Å². The second-order valence-electron chi connectivity index (χ2n) is 5.89. The van der Waals surface area contributed by atoms with Gasteiger partial charge in [0.05, 0.1) is 0 Å². The van der Waals surface area contributed by atoms with Crippen LogP contribution in [-0.2, 0) is 17.9 Å². The molecule has 0 unspecified atom stereocenters. The number of amides is 1. The third-order valence-electron chi connectivity index (χ3n) is 4.04. The van der Waals surface area contributed by atoms with Crippen molar-refractivity contribution in [3.8, 4) is 5.75 Å². The van der Waals surface area contributed by atoms with Crippen LogP contribution in [0.1, 0.15) is 11.1 Å². The molecular weight excluding hydrogens is 312 g/mol. The third-order valence-corrected chi connectivity index (χ3v) is 4.04. The van der Waals surface area contributed by atoms with Crippen LogP contribution >= 0.6 is 0 Å². The molecule has 0 heterocycles. The molecule has 1 amide bonds. The van der Waals surface area contributed by atoms with E-state index in [1.165, 1.54) is 21.9 Å². The zero-order chi connectivity index (χ0) is 17.5. The molecule has 0 fully saturated rings. The third kappa shape index (κ3) is 4.81. The van der Waals surface area contributed by atoms with Crippen LogP contribution in [0.25, 0.3) is 10.8 Å². The van der Waals surface area contributed by atoms with Gasteiger partial charge in [-0.3, -0.25) is 4.79 Å². The first-order valence-electron chi connectivity index (χ1n) is 8.35. The molecule has 0 radical (unpaired) electrons. The SMILES string of the molecule is CNC(=O)COc1ccc(CNCc2ccc3ccccc3c2)cc1. The summed E-state index contributed by atoms with van der Waals surface area (Å²) in [4.78, 5) is 11.2. The van der Waals surface area contributed by atoms with Crippen molar-refractivity contribution in [1.29, 1.82) is 0 Å². The van der Waals surface area contributed by atoms with Crippen molar-refractivity contribution in [2.45, 2.75) is 13.1 Å². The van der Waals surface area contributed by atoms with Crippen LogP contribution in [0, 0.1) is 0 Å². The van der Waals surface area contributed by atoms with Gasteiger partial charge in [0.25, 0.3) is 5.91 Å². The van der Waals surface area contributed by atoms with Crippen LogP contribution in [0.3, 0.4) is 0 Å². The topological polar surface area (TPSA) is 50.4 Å². The number of carbonyl (C=O) groups is 1. The van der Waals surface area contributed by atoms with Crippen molar-refractivity contribution in [2.24, 2.45) is 0 Å². The molecule has 0 aliphatic carbocycles. The van der Waals surface area contributed by atoms with E-state index < -0.39 is 0 Å². The minimum absolute atomic E-state index is 0.0378. The maximum absolute atomic E-state index is 11.2. The molecule has 0 aliphatic rings. The highest BCUT2D eigenvalue weighted by molar-refractivity contribution is 5.83. The average Bonchev–Trinajstić information content (AvgIpc) is 2.67. The first-order valence-corrected chi connectivity index (χ1v) is 8.35. The molecule has 0 saturated carbocycles. The lowest BCUT2D eigenvalue weighted by Crippen LogP contribution is -2.24. The van der Waals surface area contributed by atoms with Gasteiger partial charge in [-0.05, 0) is 40.1 Å². The van der Waals surface area contributed by atoms with Crippen molar-refractivity contribution < 1.29 is 9.53 Å². The summed E-state index contributed by atoms with van der Waals surface area (Å²) >= 11 is 0. The summed E-state index contributed by atoms with van der Waals surface area (Å²) in [5.74, 6) is 0.558. The Hall–Kier alpha value is -2.85. The molecule has 2 N–H and O–H groups in total. The number of fused-ring (bicyclic) bond motifs is 1. The first-order chi connectivity index (χ1) is 12.2. The molecule has 3 aromatic carbocycles. The van der Waals surface area contributed by atoms with Crippen LogP contribution in [0.15, 0.2) is 66.7 Å². The van der Waals surface area contributed by atoms with Gasteiger partial charge in [-0.1, -0.05) is 48.5 Å². The highest BCUT2D eigenvalue weighted by Crippen LogP contribution is 2.16. The van der Waals surface area contributed by atoms with E-state index in [-0.39, 0.29) is 12.5 Å². The number of hydrogen-bond acceptors (Lipinski definition) is 3. The Morgan fingerprint density at radius 3 is 2.32 bits per heavy atom. The Labute approximate surface area is 147 Å². The molecule has 4 heteroatoms. The van der Waals surface area contributed by atoms with E-state index >= 15 is 0 Å². The number of rotatable bonds is 7. The van der Waals surface area contributed by atoms with Crippen molar-refractivity contribution in [2.75, 3.05) is 13.7 Å². The van der Waals surface area contributed by atoms with Crippen molar-refractivity contribution in [3.05, 3.63) is 77.9 Å². The van der Waals surface area contributed by atoms with E-state index in [1.807, 2.05) is 24.3 Å². The fraction of sp³-hybridized carbons (Fsp3) is 0.190. The molecule has 0 saturated heterocycles. The number of ether oxygens (including phenoxy) is 1. The Balaban J connectivity index is 1.50. The number of benzene rings is 3. The molecule has 4 nitrogen and oxygen atoms in total. The maximum Gasteiger partial charge on any atom is 0.257 e. The fourth-order valence-corrected chi connectivity index (χ4v) is 2.62. The van der Waals surface area contributed by atoms with E-state index in [0.29, 0.717) is 5.75 Å². The van der Waals surface area contributed by atoms with Gasteiger partial charge in [0.1, 0.15) is 5.75 Å². The van der Waals surface area contributed by atoms with Crippen molar-refractivity contribution in [3.63, 3.8) is 0 Å². The number of likely N-dealkylation sites (N-methyl/N-ethyl adjacent to an activating group) is 1. The zero-order valence-electron chi connectivity index (χ0n) is 14.3. The normalized spacial score (nSPS) is 10.6. The lowest BCUT2D eigenvalue weighted by molar-refractivity contribution is -0.122. The van der Waals surface area contributed by atoms with E-state index in [0.717, 1.165) is 13.1 Å². The summed E-state index contributed by atoms with van der Waals surface area (Å²) in [6.07, 6.45) is 0. The molecule has 3 rings (SSSR count). The predicted molar refractivity (Wildman–Crippen MR) is 100 cm³/mol. The van der Waals surface area contributed by atoms with Gasteiger partial charge in [0.15, 0.2) is 6.61 Å². The van der Waals surface area contributed by atoms with E-state index in [4.69, 9.17) is 4.74 Å². The molecule has 25 heavy (non-hydrogen) atoms.